The van der Waals surface area contributed by atoms with E-state index in [1.807, 2.05) is 0 Å². The molecule has 0 fully saturated rings. The third-order valence-corrected chi connectivity index (χ3v) is 2.04. The highest BCUT2D eigenvalue weighted by Gasteiger charge is 2.09. The van der Waals surface area contributed by atoms with E-state index in [4.69, 9.17) is 5.11 Å². The molecule has 1 heteroatoms. The molecule has 0 bridgehead atoms. The molecule has 1 nitrogen and oxygen atoms in total. The first kappa shape index (κ1) is 9.01. The number of hydrogen-bond donors (Lipinski definition) is 1. The van der Waals surface area contributed by atoms with E-state index in [-0.39, 0.29) is 0 Å². The fourth-order valence-electron chi connectivity index (χ4n) is 1.47. The van der Waals surface area contributed by atoms with Gasteiger partial charge in [0, 0.05) is 7.11 Å². The van der Waals surface area contributed by atoms with E-state index in [0.717, 1.165) is 13.5 Å². The van der Waals surface area contributed by atoms with Crippen LogP contribution in [-0.4, -0.2) is 12.2 Å². The van der Waals surface area contributed by atoms with Crippen LogP contribution < -0.4 is 0 Å². The van der Waals surface area contributed by atoms with Crippen molar-refractivity contribution in [3.05, 3.63) is 47.1 Å². The molecule has 0 aromatic rings. The minimum atomic E-state index is 1.00. The minimum absolute atomic E-state index is 1.00. The van der Waals surface area contributed by atoms with Gasteiger partial charge in [0.25, 0.3) is 0 Å². The number of aliphatic hydroxyl groups excluding tert-OH is 1. The summed E-state index contributed by atoms with van der Waals surface area (Å²) in [6, 6.07) is 0. The number of rotatable bonds is 0. The van der Waals surface area contributed by atoms with E-state index in [1.165, 1.54) is 16.7 Å². The lowest BCUT2D eigenvalue weighted by Gasteiger charge is -2.09. The Labute approximate surface area is 73.4 Å². The summed E-state index contributed by atoms with van der Waals surface area (Å²) in [6.45, 7) is 2.16. The maximum absolute atomic E-state index is 7.00. The molecule has 2 aliphatic rings. The average Bonchev–Trinajstić information content (AvgIpc) is 2.57. The van der Waals surface area contributed by atoms with Crippen LogP contribution in [0.3, 0.4) is 0 Å². The monoisotopic (exact) mass is 162 g/mol. The maximum Gasteiger partial charge on any atom is 0.0319 e. The lowest BCUT2D eigenvalue weighted by molar-refractivity contribution is 0.399. The molecule has 0 heterocycles. The Morgan fingerprint density at radius 2 is 2.00 bits per heavy atom. The molecule has 2 aliphatic carbocycles. The standard InChI is InChI=1S/C10H10.CH4O/c1-8-4-2-5-9-6-3-7-10(8)9;1-2/h2-4,6-7H,5H2,1H3;2H,1H3. The van der Waals surface area contributed by atoms with Crippen LogP contribution in [0.2, 0.25) is 0 Å². The summed E-state index contributed by atoms with van der Waals surface area (Å²) in [7, 11) is 1.00. The van der Waals surface area contributed by atoms with Crippen molar-refractivity contribution in [2.24, 2.45) is 0 Å². The maximum atomic E-state index is 7.00. The van der Waals surface area contributed by atoms with Gasteiger partial charge in [-0.05, 0) is 30.1 Å². The van der Waals surface area contributed by atoms with Crippen LogP contribution in [0.5, 0.6) is 0 Å². The fourth-order valence-corrected chi connectivity index (χ4v) is 1.47. The third-order valence-electron chi connectivity index (χ3n) is 2.04. The minimum Gasteiger partial charge on any atom is -0.400 e. The van der Waals surface area contributed by atoms with E-state index < -0.39 is 0 Å². The molecule has 0 aromatic heterocycles. The van der Waals surface area contributed by atoms with Gasteiger partial charge in [0.2, 0.25) is 0 Å². The average molecular weight is 162 g/mol. The lowest BCUT2D eigenvalue weighted by atomic mass is 9.96. The van der Waals surface area contributed by atoms with Gasteiger partial charge < -0.3 is 5.11 Å². The van der Waals surface area contributed by atoms with Crippen LogP contribution in [0, 0.1) is 0 Å². The van der Waals surface area contributed by atoms with Crippen molar-refractivity contribution in [3.8, 4) is 0 Å². The van der Waals surface area contributed by atoms with Gasteiger partial charge in [-0.15, -0.1) is 0 Å². The van der Waals surface area contributed by atoms with Gasteiger partial charge >= 0.3 is 0 Å². The SMILES string of the molecule is CC1=C2C=CC=C2CC=C1.CO. The quantitative estimate of drug-likeness (QED) is 0.579. The van der Waals surface area contributed by atoms with Crippen molar-refractivity contribution in [1.82, 2.24) is 0 Å². The largest absolute Gasteiger partial charge is 0.400 e. The Morgan fingerprint density at radius 1 is 1.25 bits per heavy atom. The van der Waals surface area contributed by atoms with E-state index in [9.17, 15) is 0 Å². The molecule has 0 aliphatic heterocycles. The molecule has 0 saturated heterocycles. The first-order valence-electron chi connectivity index (χ1n) is 4.08. The molecular weight excluding hydrogens is 148 g/mol. The summed E-state index contributed by atoms with van der Waals surface area (Å²) in [5, 5.41) is 7.00. The van der Waals surface area contributed by atoms with Crippen molar-refractivity contribution in [2.75, 3.05) is 7.11 Å². The molecule has 64 valence electrons. The highest BCUT2D eigenvalue weighted by atomic mass is 16.2. The van der Waals surface area contributed by atoms with E-state index in [1.54, 1.807) is 0 Å². The summed E-state index contributed by atoms with van der Waals surface area (Å²) >= 11 is 0. The molecule has 0 aromatic carbocycles. The van der Waals surface area contributed by atoms with Crippen molar-refractivity contribution in [3.63, 3.8) is 0 Å². The molecule has 0 saturated carbocycles. The van der Waals surface area contributed by atoms with Gasteiger partial charge in [-0.25, -0.2) is 0 Å². The van der Waals surface area contributed by atoms with Gasteiger partial charge in [0.05, 0.1) is 0 Å². The second-order valence-electron chi connectivity index (χ2n) is 2.75. The molecular formula is C11H14O. The van der Waals surface area contributed by atoms with E-state index >= 15 is 0 Å². The summed E-state index contributed by atoms with van der Waals surface area (Å²) < 4.78 is 0. The first-order valence-corrected chi connectivity index (χ1v) is 4.08. The number of aliphatic hydroxyl groups is 1. The zero-order valence-electron chi connectivity index (χ0n) is 7.54. The predicted molar refractivity (Wildman–Crippen MR) is 51.8 cm³/mol. The zero-order chi connectivity index (χ0) is 8.97. The Bertz CT molecular complexity index is 277. The van der Waals surface area contributed by atoms with Crippen molar-refractivity contribution >= 4 is 0 Å². The van der Waals surface area contributed by atoms with Gasteiger partial charge in [0.15, 0.2) is 0 Å². The van der Waals surface area contributed by atoms with Gasteiger partial charge in [-0.2, -0.15) is 0 Å². The number of hydrogen-bond acceptors (Lipinski definition) is 1. The Balaban J connectivity index is 0.000000336. The Morgan fingerprint density at radius 3 is 2.67 bits per heavy atom. The number of allylic oxidation sites excluding steroid dienone is 8. The zero-order valence-corrected chi connectivity index (χ0v) is 7.54. The van der Waals surface area contributed by atoms with Crippen molar-refractivity contribution in [2.45, 2.75) is 13.3 Å². The Kier molecular flexibility index (Phi) is 3.06. The molecule has 0 atom stereocenters. The smallest absolute Gasteiger partial charge is 0.0319 e. The van der Waals surface area contributed by atoms with Crippen LogP contribution in [-0.2, 0) is 0 Å². The number of fused-ring (bicyclic) bond motifs is 1. The summed E-state index contributed by atoms with van der Waals surface area (Å²) in [6.07, 6.45) is 12.0. The van der Waals surface area contributed by atoms with E-state index in [2.05, 4.69) is 37.3 Å². The van der Waals surface area contributed by atoms with Gasteiger partial charge in [0.1, 0.15) is 0 Å². The first-order chi connectivity index (χ1) is 5.88. The van der Waals surface area contributed by atoms with Crippen LogP contribution in [0.4, 0.5) is 0 Å². The highest BCUT2D eigenvalue weighted by molar-refractivity contribution is 5.55. The molecule has 1 N–H and O–H groups in total. The van der Waals surface area contributed by atoms with Crippen molar-refractivity contribution in [1.29, 1.82) is 0 Å². The van der Waals surface area contributed by atoms with Crippen LogP contribution in [0.1, 0.15) is 13.3 Å². The molecule has 0 unspecified atom stereocenters. The topological polar surface area (TPSA) is 20.2 Å². The van der Waals surface area contributed by atoms with Gasteiger partial charge in [-0.3, -0.25) is 0 Å². The highest BCUT2D eigenvalue weighted by Crippen LogP contribution is 2.28. The summed E-state index contributed by atoms with van der Waals surface area (Å²) in [5.74, 6) is 0. The second-order valence-corrected chi connectivity index (χ2v) is 2.75. The summed E-state index contributed by atoms with van der Waals surface area (Å²) in [4.78, 5) is 0. The van der Waals surface area contributed by atoms with Crippen molar-refractivity contribution < 1.29 is 5.11 Å². The van der Waals surface area contributed by atoms with E-state index in [0.29, 0.717) is 0 Å². The fraction of sp³-hybridized carbons (Fsp3) is 0.273. The molecule has 2 rings (SSSR count). The van der Waals surface area contributed by atoms with Crippen LogP contribution in [0.25, 0.3) is 0 Å². The Hall–Kier alpha value is -1.08. The second kappa shape index (κ2) is 4.07. The molecule has 0 spiro atoms. The normalized spacial score (nSPS) is 18.4. The van der Waals surface area contributed by atoms with Crippen LogP contribution in [0.15, 0.2) is 47.1 Å². The molecule has 12 heavy (non-hydrogen) atoms. The van der Waals surface area contributed by atoms with Crippen LogP contribution >= 0.6 is 0 Å². The summed E-state index contributed by atoms with van der Waals surface area (Å²) in [5.41, 5.74) is 4.30. The molecule has 0 amide bonds. The predicted octanol–water partition coefficient (Wildman–Crippen LogP) is 2.37. The van der Waals surface area contributed by atoms with Gasteiger partial charge in [-0.1, -0.05) is 30.4 Å². The molecule has 0 radical (unpaired) electrons. The lowest BCUT2D eigenvalue weighted by Crippen LogP contribution is -1.90. The third kappa shape index (κ3) is 1.56.